The Labute approximate surface area is 224 Å². The highest BCUT2D eigenvalue weighted by atomic mass is 19.4. The van der Waals surface area contributed by atoms with Gasteiger partial charge in [0.2, 0.25) is 0 Å². The average molecular weight is 553 g/mol. The molecular weight excluding hydrogens is 521 g/mol. The molecule has 0 heterocycles. The van der Waals surface area contributed by atoms with Gasteiger partial charge in [0.1, 0.15) is 22.9 Å². The summed E-state index contributed by atoms with van der Waals surface area (Å²) in [6.45, 7) is 2.21. The second-order valence-electron chi connectivity index (χ2n) is 10.3. The van der Waals surface area contributed by atoms with Gasteiger partial charge in [0.15, 0.2) is 0 Å². The van der Waals surface area contributed by atoms with E-state index in [4.69, 9.17) is 4.74 Å². The minimum atomic E-state index is -5.24. The molecule has 0 saturated heterocycles. The Morgan fingerprint density at radius 1 is 0.769 bits per heavy atom. The lowest BCUT2D eigenvalue weighted by Crippen LogP contribution is -2.22. The predicted molar refractivity (Wildman–Crippen MR) is 136 cm³/mol. The molecule has 1 fully saturated rings. The van der Waals surface area contributed by atoms with E-state index >= 15 is 8.78 Å². The Morgan fingerprint density at radius 3 is 1.90 bits per heavy atom. The molecule has 4 rings (SSSR count). The van der Waals surface area contributed by atoms with E-state index in [0.717, 1.165) is 24.3 Å². The van der Waals surface area contributed by atoms with E-state index in [1.165, 1.54) is 74.9 Å². The van der Waals surface area contributed by atoms with E-state index in [0.29, 0.717) is 18.1 Å². The van der Waals surface area contributed by atoms with Crippen LogP contribution in [0.5, 0.6) is 5.75 Å². The van der Waals surface area contributed by atoms with Gasteiger partial charge in [0.05, 0.1) is 5.56 Å². The molecule has 0 amide bonds. The fourth-order valence-electron chi connectivity index (χ4n) is 5.44. The molecule has 210 valence electrons. The van der Waals surface area contributed by atoms with Crippen molar-refractivity contribution in [2.24, 2.45) is 11.8 Å². The maximum atomic E-state index is 15.1. The van der Waals surface area contributed by atoms with E-state index in [2.05, 4.69) is 6.92 Å². The zero-order valence-electron chi connectivity index (χ0n) is 21.6. The summed E-state index contributed by atoms with van der Waals surface area (Å²) in [4.78, 5) is 0. The van der Waals surface area contributed by atoms with Crippen LogP contribution in [0.1, 0.15) is 68.6 Å². The third kappa shape index (κ3) is 7.14. The lowest BCUT2D eigenvalue weighted by molar-refractivity contribution is -0.185. The van der Waals surface area contributed by atoms with Gasteiger partial charge in [0, 0.05) is 5.56 Å². The number of benzene rings is 3. The van der Waals surface area contributed by atoms with Crippen LogP contribution in [0.3, 0.4) is 0 Å². The van der Waals surface area contributed by atoms with E-state index in [1.54, 1.807) is 12.1 Å². The average Bonchev–Trinajstić information content (AvgIpc) is 2.87. The van der Waals surface area contributed by atoms with Crippen molar-refractivity contribution in [3.63, 3.8) is 0 Å². The fourth-order valence-corrected chi connectivity index (χ4v) is 5.44. The largest absolute Gasteiger partial charge is 0.428 e. The number of halogens is 7. The Bertz CT molecular complexity index is 1220. The van der Waals surface area contributed by atoms with Gasteiger partial charge in [-0.1, -0.05) is 75.8 Å². The smallest absolute Gasteiger partial charge is 0.426 e. The minimum absolute atomic E-state index is 0.172. The third-order valence-corrected chi connectivity index (χ3v) is 7.56. The van der Waals surface area contributed by atoms with Gasteiger partial charge in [-0.25, -0.2) is 8.78 Å². The van der Waals surface area contributed by atoms with Crippen molar-refractivity contribution in [2.45, 2.75) is 70.6 Å². The molecule has 0 aliphatic heterocycles. The minimum Gasteiger partial charge on any atom is -0.428 e. The van der Waals surface area contributed by atoms with Crippen molar-refractivity contribution in [3.05, 3.63) is 89.0 Å². The zero-order valence-corrected chi connectivity index (χ0v) is 21.6. The Morgan fingerprint density at radius 2 is 1.33 bits per heavy atom. The van der Waals surface area contributed by atoms with Crippen LogP contribution in [0.25, 0.3) is 11.1 Å². The monoisotopic (exact) mass is 552 g/mol. The van der Waals surface area contributed by atoms with Gasteiger partial charge in [-0.3, -0.25) is 0 Å². The predicted octanol–water partition coefficient (Wildman–Crippen LogP) is 10.3. The summed E-state index contributed by atoms with van der Waals surface area (Å²) in [6, 6.07) is 12.0. The summed E-state index contributed by atoms with van der Waals surface area (Å²) in [7, 11) is 0. The molecule has 1 aliphatic rings. The Hall–Kier alpha value is -3.03. The Balaban J connectivity index is 1.45. The van der Waals surface area contributed by atoms with E-state index in [9.17, 15) is 22.0 Å². The summed E-state index contributed by atoms with van der Waals surface area (Å²) >= 11 is 0. The molecule has 3 aromatic rings. The number of rotatable bonds is 9. The highest BCUT2D eigenvalue weighted by Gasteiger charge is 2.39. The molecule has 3 aromatic carbocycles. The van der Waals surface area contributed by atoms with E-state index in [-0.39, 0.29) is 11.1 Å². The van der Waals surface area contributed by atoms with Crippen LogP contribution < -0.4 is 4.74 Å². The second-order valence-corrected chi connectivity index (χ2v) is 10.3. The number of ether oxygens (including phenoxy) is 1. The van der Waals surface area contributed by atoms with Crippen LogP contribution in [0.15, 0.2) is 60.7 Å². The van der Waals surface area contributed by atoms with Crippen molar-refractivity contribution < 1.29 is 35.5 Å². The molecule has 39 heavy (non-hydrogen) atoms. The molecule has 0 aromatic heterocycles. The highest BCUT2D eigenvalue weighted by Crippen LogP contribution is 2.41. The van der Waals surface area contributed by atoms with Crippen molar-refractivity contribution in [2.75, 3.05) is 0 Å². The maximum Gasteiger partial charge on any atom is 0.426 e. The van der Waals surface area contributed by atoms with Crippen LogP contribution in [0, 0.1) is 23.5 Å². The summed E-state index contributed by atoms with van der Waals surface area (Å²) < 4.78 is 102. The number of hydrogen-bond acceptors (Lipinski definition) is 1. The van der Waals surface area contributed by atoms with Gasteiger partial charge in [-0.15, -0.1) is 0 Å². The first kappa shape index (κ1) is 29.0. The van der Waals surface area contributed by atoms with Crippen LogP contribution in [0.2, 0.25) is 0 Å². The van der Waals surface area contributed by atoms with Crippen LogP contribution in [-0.4, -0.2) is 0 Å². The second kappa shape index (κ2) is 12.0. The lowest BCUT2D eigenvalue weighted by atomic mass is 9.78. The summed E-state index contributed by atoms with van der Waals surface area (Å²) in [5, 5.41) is 0. The van der Waals surface area contributed by atoms with Crippen LogP contribution in [-0.2, 0) is 18.7 Å². The van der Waals surface area contributed by atoms with Gasteiger partial charge in [-0.05, 0) is 66.1 Å². The van der Waals surface area contributed by atoms with Gasteiger partial charge in [0.25, 0.3) is 0 Å². The molecule has 0 N–H and O–H groups in total. The van der Waals surface area contributed by atoms with Crippen LogP contribution >= 0.6 is 0 Å². The van der Waals surface area contributed by atoms with E-state index in [1.807, 2.05) is 0 Å². The van der Waals surface area contributed by atoms with Crippen molar-refractivity contribution in [3.8, 4) is 16.9 Å². The highest BCUT2D eigenvalue weighted by molar-refractivity contribution is 5.71. The molecule has 0 atom stereocenters. The first-order valence-corrected chi connectivity index (χ1v) is 13.3. The van der Waals surface area contributed by atoms with E-state index < -0.39 is 40.8 Å². The summed E-state index contributed by atoms with van der Waals surface area (Å²) in [6.07, 6.45) is 0.207. The number of aryl methyl sites for hydroxylation is 1. The quantitative estimate of drug-likeness (QED) is 0.240. The number of hydrogen-bond donors (Lipinski definition) is 0. The standard InChI is InChI=1S/C31H31F7O/c1-2-5-20-8-10-21(11-9-20)12-13-22-14-16-24(17-15-22)31(37,38)39-28-7-4-3-6-25(28)23-18-26(32)29(27(33)19-23)30(34,35)36/h3-4,6-7,14-21H,2,5,8-13H2,1H3. The Kier molecular flexibility index (Phi) is 8.92. The first-order chi connectivity index (χ1) is 18.5. The molecule has 0 spiro atoms. The van der Waals surface area contributed by atoms with Crippen molar-refractivity contribution >= 4 is 0 Å². The SMILES string of the molecule is CCCC1CCC(CCc2ccc(C(F)(F)Oc3ccccc3-c3cc(F)c(C(F)(F)F)c(F)c3)cc2)CC1. The molecular formula is C31H31F7O. The molecule has 1 saturated carbocycles. The summed E-state index contributed by atoms with van der Waals surface area (Å²) in [5.41, 5.74) is -2.04. The third-order valence-electron chi connectivity index (χ3n) is 7.56. The molecule has 1 nitrogen and oxygen atoms in total. The van der Waals surface area contributed by atoms with Crippen molar-refractivity contribution in [1.29, 1.82) is 0 Å². The lowest BCUT2D eigenvalue weighted by Gasteiger charge is -2.28. The normalized spacial score (nSPS) is 18.3. The van der Waals surface area contributed by atoms with Crippen molar-refractivity contribution in [1.82, 2.24) is 0 Å². The number of para-hydroxylation sites is 1. The molecule has 1 aliphatic carbocycles. The molecule has 0 bridgehead atoms. The summed E-state index contributed by atoms with van der Waals surface area (Å²) in [5.74, 6) is -2.63. The first-order valence-electron chi connectivity index (χ1n) is 13.3. The van der Waals surface area contributed by atoms with Gasteiger partial charge < -0.3 is 4.74 Å². The fraction of sp³-hybridized carbons (Fsp3) is 0.419. The molecule has 8 heteroatoms. The molecule has 0 unspecified atom stereocenters. The number of alkyl halides is 5. The maximum absolute atomic E-state index is 15.1. The zero-order chi connectivity index (χ0) is 28.2. The topological polar surface area (TPSA) is 9.23 Å². The molecule has 0 radical (unpaired) electrons. The van der Waals surface area contributed by atoms with Gasteiger partial charge in [-0.2, -0.15) is 22.0 Å². The van der Waals surface area contributed by atoms with Gasteiger partial charge >= 0.3 is 12.3 Å². The van der Waals surface area contributed by atoms with Crippen LogP contribution in [0.4, 0.5) is 30.7 Å².